The fourth-order valence-electron chi connectivity index (χ4n) is 4.68. The zero-order chi connectivity index (χ0) is 19.3. The predicted octanol–water partition coefficient (Wildman–Crippen LogP) is 1.96. The summed E-state index contributed by atoms with van der Waals surface area (Å²) in [6.45, 7) is 5.70. The van der Waals surface area contributed by atoms with Gasteiger partial charge in [-0.25, -0.2) is 0 Å². The number of nitrogens with zero attached hydrogens (tertiary/aromatic N) is 4. The Morgan fingerprint density at radius 2 is 1.93 bits per heavy atom. The summed E-state index contributed by atoms with van der Waals surface area (Å²) in [6, 6.07) is 11.3. The van der Waals surface area contributed by atoms with Crippen molar-refractivity contribution in [1.29, 1.82) is 0 Å². The Morgan fingerprint density at radius 3 is 2.64 bits per heavy atom. The van der Waals surface area contributed by atoms with Crippen LogP contribution in [0.1, 0.15) is 30.4 Å². The van der Waals surface area contributed by atoms with Gasteiger partial charge in [0.15, 0.2) is 0 Å². The number of benzene rings is 1. The number of amides is 1. The van der Waals surface area contributed by atoms with Gasteiger partial charge in [0.2, 0.25) is 5.91 Å². The molecule has 0 saturated carbocycles. The van der Waals surface area contributed by atoms with E-state index >= 15 is 0 Å². The van der Waals surface area contributed by atoms with Crippen LogP contribution in [0.3, 0.4) is 0 Å². The lowest BCUT2D eigenvalue weighted by Crippen LogP contribution is -2.56. The number of likely N-dealkylation sites (N-methyl/N-ethyl adjacent to an activating group) is 1. The van der Waals surface area contributed by atoms with Crippen molar-refractivity contribution in [3.63, 3.8) is 0 Å². The van der Waals surface area contributed by atoms with Gasteiger partial charge in [0.1, 0.15) is 0 Å². The minimum Gasteiger partial charge on any atom is -0.338 e. The van der Waals surface area contributed by atoms with E-state index in [4.69, 9.17) is 0 Å². The van der Waals surface area contributed by atoms with Gasteiger partial charge < -0.3 is 10.2 Å². The third-order valence-corrected chi connectivity index (χ3v) is 6.16. The number of aromatic nitrogens is 2. The quantitative estimate of drug-likeness (QED) is 0.797. The number of carbonyl (C=O) groups is 1. The molecule has 2 aromatic rings. The molecule has 3 heterocycles. The highest BCUT2D eigenvalue weighted by Gasteiger charge is 2.38. The van der Waals surface area contributed by atoms with Crippen LogP contribution in [0.15, 0.2) is 42.7 Å². The molecule has 6 heteroatoms. The number of nitrogens with one attached hydrogen (secondary N) is 1. The fraction of sp³-hybridized carbons (Fsp3) is 0.545. The second kappa shape index (κ2) is 8.88. The first-order chi connectivity index (χ1) is 13.7. The smallest absolute Gasteiger partial charge is 0.222 e. The molecular weight excluding hydrogens is 350 g/mol. The van der Waals surface area contributed by atoms with E-state index in [1.165, 1.54) is 11.1 Å². The van der Waals surface area contributed by atoms with Crippen LogP contribution in [0.5, 0.6) is 0 Å². The van der Waals surface area contributed by atoms with Gasteiger partial charge in [-0.05, 0) is 43.0 Å². The van der Waals surface area contributed by atoms with E-state index in [9.17, 15) is 4.79 Å². The van der Waals surface area contributed by atoms with E-state index in [1.54, 1.807) is 0 Å². The Morgan fingerprint density at radius 1 is 1.14 bits per heavy atom. The predicted molar refractivity (Wildman–Crippen MR) is 110 cm³/mol. The van der Waals surface area contributed by atoms with Gasteiger partial charge in [-0.15, -0.1) is 0 Å². The Hall–Kier alpha value is -2.18. The first-order valence-electron chi connectivity index (χ1n) is 10.4. The van der Waals surface area contributed by atoms with Crippen molar-refractivity contribution < 1.29 is 4.79 Å². The van der Waals surface area contributed by atoms with Crippen molar-refractivity contribution in [3.05, 3.63) is 53.9 Å². The highest BCUT2D eigenvalue weighted by Crippen LogP contribution is 2.31. The lowest BCUT2D eigenvalue weighted by atomic mass is 9.83. The van der Waals surface area contributed by atoms with Crippen LogP contribution in [0.4, 0.5) is 0 Å². The largest absolute Gasteiger partial charge is 0.338 e. The van der Waals surface area contributed by atoms with Gasteiger partial charge >= 0.3 is 0 Å². The Bertz CT molecular complexity index is 758. The maximum absolute atomic E-state index is 12.4. The van der Waals surface area contributed by atoms with Crippen LogP contribution in [0.2, 0.25) is 0 Å². The summed E-state index contributed by atoms with van der Waals surface area (Å²) >= 11 is 0. The molecule has 0 bridgehead atoms. The minimum atomic E-state index is 0.345. The standard InChI is InChI=1S/C22H31N5O/c1-23-11-14-27-21-9-13-25(17-20(21)7-8-22(27)28)15-18-3-5-19(6-4-18)16-26-12-2-10-24-26/h2-6,10,12,20-21,23H,7-9,11,13-17H2,1H3/t20-,21+/m0/s1. The van der Waals surface area contributed by atoms with E-state index in [0.717, 1.165) is 52.1 Å². The topological polar surface area (TPSA) is 53.4 Å². The molecule has 1 N–H and O–H groups in total. The molecule has 1 amide bonds. The zero-order valence-electron chi connectivity index (χ0n) is 16.8. The fourth-order valence-corrected chi connectivity index (χ4v) is 4.68. The molecule has 6 nitrogen and oxygen atoms in total. The average molecular weight is 382 g/mol. The Balaban J connectivity index is 1.32. The summed E-state index contributed by atoms with van der Waals surface area (Å²) in [5.74, 6) is 0.958. The van der Waals surface area contributed by atoms with Crippen LogP contribution in [0, 0.1) is 5.92 Å². The van der Waals surface area contributed by atoms with Gasteiger partial charge in [0.05, 0.1) is 6.54 Å². The number of hydrogen-bond acceptors (Lipinski definition) is 4. The SMILES string of the molecule is CNCCN1C(=O)CC[C@H]2CN(Cc3ccc(Cn4cccn4)cc3)CC[C@H]21. The zero-order valence-corrected chi connectivity index (χ0v) is 16.8. The normalized spacial score (nSPS) is 23.0. The number of likely N-dealkylation sites (tertiary alicyclic amines) is 2. The number of fused-ring (bicyclic) bond motifs is 1. The van der Waals surface area contributed by atoms with Crippen molar-refractivity contribution in [2.24, 2.45) is 5.92 Å². The molecule has 150 valence electrons. The molecule has 0 aliphatic carbocycles. The van der Waals surface area contributed by atoms with Crippen LogP contribution in [0.25, 0.3) is 0 Å². The monoisotopic (exact) mass is 381 g/mol. The molecule has 2 saturated heterocycles. The molecule has 2 aliphatic rings. The second-order valence-corrected chi connectivity index (χ2v) is 8.10. The molecule has 0 radical (unpaired) electrons. The summed E-state index contributed by atoms with van der Waals surface area (Å²) in [6.07, 6.45) is 6.65. The highest BCUT2D eigenvalue weighted by atomic mass is 16.2. The molecule has 1 aromatic carbocycles. The Kier molecular flexibility index (Phi) is 6.07. The van der Waals surface area contributed by atoms with E-state index in [0.29, 0.717) is 24.3 Å². The maximum atomic E-state index is 12.4. The van der Waals surface area contributed by atoms with Gasteiger partial charge in [-0.3, -0.25) is 14.4 Å². The lowest BCUT2D eigenvalue weighted by Gasteiger charge is -2.47. The minimum absolute atomic E-state index is 0.345. The molecule has 0 spiro atoms. The van der Waals surface area contributed by atoms with Crippen LogP contribution in [-0.2, 0) is 17.9 Å². The van der Waals surface area contributed by atoms with Crippen LogP contribution in [-0.4, -0.2) is 64.8 Å². The summed E-state index contributed by atoms with van der Waals surface area (Å²) in [4.78, 5) is 17.1. The van der Waals surface area contributed by atoms with Gasteiger partial charge in [-0.2, -0.15) is 5.10 Å². The van der Waals surface area contributed by atoms with Crippen LogP contribution < -0.4 is 5.32 Å². The maximum Gasteiger partial charge on any atom is 0.222 e. The third-order valence-electron chi connectivity index (χ3n) is 6.16. The van der Waals surface area contributed by atoms with Crippen molar-refractivity contribution >= 4 is 5.91 Å². The van der Waals surface area contributed by atoms with Gasteiger partial charge in [-0.1, -0.05) is 24.3 Å². The van der Waals surface area contributed by atoms with E-state index in [2.05, 4.69) is 44.5 Å². The van der Waals surface area contributed by atoms with Crippen molar-refractivity contribution in [2.75, 3.05) is 33.2 Å². The Labute approximate surface area is 167 Å². The summed E-state index contributed by atoms with van der Waals surface area (Å²) in [5.41, 5.74) is 2.64. The van der Waals surface area contributed by atoms with Crippen molar-refractivity contribution in [3.8, 4) is 0 Å². The number of rotatable bonds is 7. The van der Waals surface area contributed by atoms with Crippen molar-refractivity contribution in [2.45, 2.75) is 38.4 Å². The molecule has 2 aliphatic heterocycles. The van der Waals surface area contributed by atoms with E-state index in [-0.39, 0.29) is 0 Å². The number of piperidine rings is 2. The first kappa shape index (κ1) is 19.2. The second-order valence-electron chi connectivity index (χ2n) is 8.10. The number of hydrogen-bond donors (Lipinski definition) is 1. The molecule has 1 aromatic heterocycles. The molecule has 4 rings (SSSR count). The van der Waals surface area contributed by atoms with Gasteiger partial charge in [0, 0.05) is 57.6 Å². The highest BCUT2D eigenvalue weighted by molar-refractivity contribution is 5.77. The van der Waals surface area contributed by atoms with Crippen molar-refractivity contribution in [1.82, 2.24) is 24.9 Å². The van der Waals surface area contributed by atoms with E-state index in [1.807, 2.05) is 30.2 Å². The number of carbonyl (C=O) groups excluding carboxylic acids is 1. The lowest BCUT2D eigenvalue weighted by molar-refractivity contribution is -0.141. The molecular formula is C22H31N5O. The molecule has 2 atom stereocenters. The molecule has 28 heavy (non-hydrogen) atoms. The van der Waals surface area contributed by atoms with Crippen LogP contribution >= 0.6 is 0 Å². The molecule has 0 unspecified atom stereocenters. The van der Waals surface area contributed by atoms with E-state index < -0.39 is 0 Å². The molecule has 2 fully saturated rings. The first-order valence-corrected chi connectivity index (χ1v) is 10.4. The summed E-state index contributed by atoms with van der Waals surface area (Å²) < 4.78 is 1.95. The summed E-state index contributed by atoms with van der Waals surface area (Å²) in [5, 5.41) is 7.45. The average Bonchev–Trinajstić information content (AvgIpc) is 3.22. The van der Waals surface area contributed by atoms with Gasteiger partial charge in [0.25, 0.3) is 0 Å². The summed E-state index contributed by atoms with van der Waals surface area (Å²) in [7, 11) is 1.95. The third kappa shape index (κ3) is 4.45.